The van der Waals surface area contributed by atoms with E-state index in [0.29, 0.717) is 12.2 Å². The summed E-state index contributed by atoms with van der Waals surface area (Å²) in [5, 5.41) is 5.96. The molecule has 0 unspecified atom stereocenters. The molecule has 90 valence electrons. The lowest BCUT2D eigenvalue weighted by atomic mass is 10.1. The van der Waals surface area contributed by atoms with E-state index in [1.807, 2.05) is 25.3 Å². The van der Waals surface area contributed by atoms with Crippen molar-refractivity contribution in [2.24, 2.45) is 0 Å². The molecule has 2 heterocycles. The average Bonchev–Trinajstić information content (AvgIpc) is 2.86. The number of carbonyl (C=O) groups excluding carboxylic acids is 1. The fraction of sp³-hybridized carbons (Fsp3) is 0.364. The molecule has 0 aromatic carbocycles. The smallest absolute Gasteiger partial charge is 0.171 e. The molecule has 17 heavy (non-hydrogen) atoms. The molecule has 0 aliphatic heterocycles. The zero-order valence-electron chi connectivity index (χ0n) is 9.55. The Morgan fingerprint density at radius 3 is 2.94 bits per heavy atom. The number of rotatable bonds is 4. The molecule has 0 N–H and O–H groups in total. The van der Waals surface area contributed by atoms with Gasteiger partial charge in [0.2, 0.25) is 0 Å². The minimum atomic E-state index is 0.0712. The first-order chi connectivity index (χ1) is 8.08. The van der Waals surface area contributed by atoms with Crippen molar-refractivity contribution in [3.05, 3.63) is 32.9 Å². The lowest BCUT2D eigenvalue weighted by Crippen LogP contribution is -2.12. The number of ketones is 1. The van der Waals surface area contributed by atoms with Crippen molar-refractivity contribution in [3.8, 4) is 0 Å². The molecule has 6 heteroatoms. The number of aromatic nitrogens is 3. The molecule has 0 atom stereocenters. The molecule has 0 aliphatic carbocycles. The van der Waals surface area contributed by atoms with Crippen LogP contribution in [-0.2, 0) is 6.42 Å². The third-order valence-electron chi connectivity index (χ3n) is 2.34. The summed E-state index contributed by atoms with van der Waals surface area (Å²) < 4.78 is 2.74. The predicted octanol–water partition coefficient (Wildman–Crippen LogP) is 3.11. The van der Waals surface area contributed by atoms with Gasteiger partial charge in [-0.15, -0.1) is 11.3 Å². The van der Waals surface area contributed by atoms with E-state index >= 15 is 0 Å². The van der Waals surface area contributed by atoms with Crippen LogP contribution in [0.2, 0.25) is 0 Å². The van der Waals surface area contributed by atoms with Gasteiger partial charge in [0.15, 0.2) is 5.78 Å². The second kappa shape index (κ2) is 5.10. The van der Waals surface area contributed by atoms with Crippen LogP contribution in [0.5, 0.6) is 0 Å². The number of halogens is 1. The van der Waals surface area contributed by atoms with Gasteiger partial charge in [-0.3, -0.25) is 4.79 Å². The summed E-state index contributed by atoms with van der Waals surface area (Å²) in [5.41, 5.74) is 0.722. The monoisotopic (exact) mass is 313 g/mol. The van der Waals surface area contributed by atoms with Gasteiger partial charge in [0.1, 0.15) is 12.2 Å². The molecule has 0 bridgehead atoms. The van der Waals surface area contributed by atoms with Crippen LogP contribution in [0.1, 0.15) is 36.1 Å². The van der Waals surface area contributed by atoms with Crippen molar-refractivity contribution in [2.75, 3.05) is 0 Å². The first-order valence-corrected chi connectivity index (χ1v) is 6.91. The largest absolute Gasteiger partial charge is 0.294 e. The maximum atomic E-state index is 12.0. The number of hydrogen-bond acceptors (Lipinski definition) is 4. The van der Waals surface area contributed by atoms with Gasteiger partial charge >= 0.3 is 0 Å². The van der Waals surface area contributed by atoms with Crippen LogP contribution in [0.3, 0.4) is 0 Å². The van der Waals surface area contributed by atoms with Crippen LogP contribution in [0.4, 0.5) is 0 Å². The molecule has 0 aliphatic rings. The van der Waals surface area contributed by atoms with Crippen LogP contribution in [-0.4, -0.2) is 20.5 Å². The van der Waals surface area contributed by atoms with E-state index in [0.717, 1.165) is 9.35 Å². The number of hydrogen-bond donors (Lipinski definition) is 0. The summed E-state index contributed by atoms with van der Waals surface area (Å²) in [6.45, 7) is 4.04. The van der Waals surface area contributed by atoms with Gasteiger partial charge in [0, 0.05) is 17.0 Å². The highest BCUT2D eigenvalue weighted by Gasteiger charge is 2.14. The van der Waals surface area contributed by atoms with Gasteiger partial charge in [0.25, 0.3) is 0 Å². The van der Waals surface area contributed by atoms with Crippen molar-refractivity contribution in [1.82, 2.24) is 14.8 Å². The van der Waals surface area contributed by atoms with Gasteiger partial charge in [-0.2, -0.15) is 5.10 Å². The molecule has 0 amide bonds. The Labute approximate surface area is 112 Å². The molecule has 2 rings (SSSR count). The van der Waals surface area contributed by atoms with Gasteiger partial charge in [-0.25, -0.2) is 9.67 Å². The molecular formula is C11H12BrN3OS. The minimum absolute atomic E-state index is 0.0712. The Bertz CT molecular complexity index is 532. The normalized spacial score (nSPS) is 11.1. The highest BCUT2D eigenvalue weighted by molar-refractivity contribution is 9.11. The number of carbonyl (C=O) groups is 1. The summed E-state index contributed by atoms with van der Waals surface area (Å²) in [6.07, 6.45) is 1.79. The number of nitrogens with zero attached hydrogens (tertiary/aromatic N) is 3. The highest BCUT2D eigenvalue weighted by atomic mass is 79.9. The van der Waals surface area contributed by atoms with E-state index < -0.39 is 0 Å². The molecule has 2 aromatic heterocycles. The van der Waals surface area contributed by atoms with Gasteiger partial charge < -0.3 is 0 Å². The lowest BCUT2D eigenvalue weighted by molar-refractivity contribution is 0.0989. The van der Waals surface area contributed by atoms with Crippen LogP contribution in [0, 0.1) is 0 Å². The minimum Gasteiger partial charge on any atom is -0.294 e. The van der Waals surface area contributed by atoms with E-state index in [9.17, 15) is 4.79 Å². The van der Waals surface area contributed by atoms with Crippen molar-refractivity contribution in [3.63, 3.8) is 0 Å². The molecule has 2 aromatic rings. The van der Waals surface area contributed by atoms with Gasteiger partial charge in [-0.05, 0) is 35.8 Å². The van der Waals surface area contributed by atoms with Crippen LogP contribution < -0.4 is 0 Å². The summed E-state index contributed by atoms with van der Waals surface area (Å²) in [7, 11) is 0. The SMILES string of the molecule is CC(C)n1ncnc1CC(=O)c1csc(Br)c1. The maximum absolute atomic E-state index is 12.0. The van der Waals surface area contributed by atoms with E-state index in [1.165, 1.54) is 17.7 Å². The quantitative estimate of drug-likeness (QED) is 0.815. The second-order valence-corrected chi connectivity index (χ2v) is 6.24. The maximum Gasteiger partial charge on any atom is 0.171 e. The average molecular weight is 314 g/mol. The van der Waals surface area contributed by atoms with E-state index in [2.05, 4.69) is 26.0 Å². The molecule has 0 saturated carbocycles. The molecule has 0 fully saturated rings. The zero-order valence-corrected chi connectivity index (χ0v) is 12.0. The Kier molecular flexibility index (Phi) is 3.73. The number of thiophene rings is 1. The Balaban J connectivity index is 2.16. The van der Waals surface area contributed by atoms with E-state index in [4.69, 9.17) is 0 Å². The third kappa shape index (κ3) is 2.81. The first kappa shape index (κ1) is 12.4. The predicted molar refractivity (Wildman–Crippen MR) is 70.5 cm³/mol. The molecule has 0 saturated heterocycles. The Hall–Kier alpha value is -1.01. The second-order valence-electron chi connectivity index (χ2n) is 3.95. The van der Waals surface area contributed by atoms with Crippen molar-refractivity contribution in [1.29, 1.82) is 0 Å². The van der Waals surface area contributed by atoms with Crippen LogP contribution >= 0.6 is 27.3 Å². The summed E-state index contributed by atoms with van der Waals surface area (Å²) in [5.74, 6) is 0.786. The van der Waals surface area contributed by atoms with Crippen molar-refractivity contribution < 1.29 is 4.79 Å². The van der Waals surface area contributed by atoms with Crippen molar-refractivity contribution in [2.45, 2.75) is 26.3 Å². The highest BCUT2D eigenvalue weighted by Crippen LogP contribution is 2.21. The van der Waals surface area contributed by atoms with E-state index in [-0.39, 0.29) is 11.8 Å². The van der Waals surface area contributed by atoms with Gasteiger partial charge in [-0.1, -0.05) is 0 Å². The Morgan fingerprint density at radius 2 is 2.35 bits per heavy atom. The van der Waals surface area contributed by atoms with Crippen molar-refractivity contribution >= 4 is 33.0 Å². The molecule has 4 nitrogen and oxygen atoms in total. The number of Topliss-reactive ketones (excluding diaryl/α,β-unsaturated/α-hetero) is 1. The summed E-state index contributed by atoms with van der Waals surface area (Å²) in [6, 6.07) is 2.05. The lowest BCUT2D eigenvalue weighted by Gasteiger charge is -2.08. The fourth-order valence-corrected chi connectivity index (χ4v) is 2.69. The van der Waals surface area contributed by atoms with E-state index in [1.54, 1.807) is 4.68 Å². The topological polar surface area (TPSA) is 47.8 Å². The molecule has 0 spiro atoms. The summed E-state index contributed by atoms with van der Waals surface area (Å²) in [4.78, 5) is 16.1. The first-order valence-electron chi connectivity index (χ1n) is 5.23. The van der Waals surface area contributed by atoms with Gasteiger partial charge in [0.05, 0.1) is 10.2 Å². The third-order valence-corrected chi connectivity index (χ3v) is 3.85. The standard InChI is InChI=1S/C11H12BrN3OS/c1-7(2)15-11(13-6-14-15)4-9(16)8-3-10(12)17-5-8/h3,5-7H,4H2,1-2H3. The molecular weight excluding hydrogens is 302 g/mol. The van der Waals surface area contributed by atoms with Crippen LogP contribution in [0.25, 0.3) is 0 Å². The van der Waals surface area contributed by atoms with Crippen LogP contribution in [0.15, 0.2) is 21.6 Å². The zero-order chi connectivity index (χ0) is 12.4. The Morgan fingerprint density at radius 1 is 1.59 bits per heavy atom. The molecule has 0 radical (unpaired) electrons. The fourth-order valence-electron chi connectivity index (χ4n) is 1.53. The summed E-state index contributed by atoms with van der Waals surface area (Å²) >= 11 is 4.86.